The van der Waals surface area contributed by atoms with Gasteiger partial charge in [-0.2, -0.15) is 0 Å². The number of hydrogen-bond donors (Lipinski definition) is 0. The predicted octanol–water partition coefficient (Wildman–Crippen LogP) is 3.16. The van der Waals surface area contributed by atoms with E-state index in [1.54, 1.807) is 26.0 Å². The van der Waals surface area contributed by atoms with Gasteiger partial charge in [0.2, 0.25) is 5.71 Å². The molecule has 2 aromatic rings. The normalized spacial score (nSPS) is 11.0. The maximum Gasteiger partial charge on any atom is 0.339 e. The maximum atomic E-state index is 11.6. The average molecular weight is 284 g/mol. The lowest BCUT2D eigenvalue weighted by Gasteiger charge is -2.06. The standard InChI is InChI=1S/C11H10BrNO3/c1-6(2)15-11(14)8-3-7-4-9(12)16-10(7)13-5-8/h3-6H,1-2H3. The first-order valence-electron chi connectivity index (χ1n) is 4.82. The molecule has 5 heteroatoms. The topological polar surface area (TPSA) is 52.3 Å². The first-order chi connectivity index (χ1) is 7.56. The number of rotatable bonds is 2. The molecule has 0 radical (unpaired) electrons. The van der Waals surface area contributed by atoms with E-state index in [0.717, 1.165) is 5.39 Å². The number of pyridine rings is 1. The largest absolute Gasteiger partial charge is 0.459 e. The van der Waals surface area contributed by atoms with Crippen molar-refractivity contribution in [2.75, 3.05) is 0 Å². The molecule has 0 aliphatic heterocycles. The van der Waals surface area contributed by atoms with Gasteiger partial charge >= 0.3 is 5.97 Å². The van der Waals surface area contributed by atoms with Crippen LogP contribution in [0.5, 0.6) is 0 Å². The predicted molar refractivity (Wildman–Crippen MR) is 62.3 cm³/mol. The summed E-state index contributed by atoms with van der Waals surface area (Å²) in [6.45, 7) is 3.61. The molecule has 84 valence electrons. The highest BCUT2D eigenvalue weighted by Crippen LogP contribution is 2.22. The number of aromatic nitrogens is 1. The van der Waals surface area contributed by atoms with E-state index >= 15 is 0 Å². The molecule has 0 fully saturated rings. The molecule has 0 spiro atoms. The van der Waals surface area contributed by atoms with E-state index in [-0.39, 0.29) is 12.1 Å². The molecule has 0 aliphatic carbocycles. The second kappa shape index (κ2) is 4.25. The fourth-order valence-electron chi connectivity index (χ4n) is 1.30. The molecule has 0 atom stereocenters. The third kappa shape index (κ3) is 2.24. The molecule has 16 heavy (non-hydrogen) atoms. The number of fused-ring (bicyclic) bond motifs is 1. The monoisotopic (exact) mass is 283 g/mol. The van der Waals surface area contributed by atoms with Crippen molar-refractivity contribution in [3.05, 3.63) is 28.6 Å². The van der Waals surface area contributed by atoms with Crippen LogP contribution in [0.3, 0.4) is 0 Å². The van der Waals surface area contributed by atoms with Gasteiger partial charge in [0.1, 0.15) is 0 Å². The van der Waals surface area contributed by atoms with Gasteiger partial charge in [-0.15, -0.1) is 0 Å². The van der Waals surface area contributed by atoms with Gasteiger partial charge in [0.05, 0.1) is 11.7 Å². The summed E-state index contributed by atoms with van der Waals surface area (Å²) in [5.74, 6) is -0.373. The smallest absolute Gasteiger partial charge is 0.339 e. The highest BCUT2D eigenvalue weighted by molar-refractivity contribution is 9.10. The Bertz CT molecular complexity index is 533. The van der Waals surface area contributed by atoms with E-state index in [2.05, 4.69) is 20.9 Å². The van der Waals surface area contributed by atoms with Crippen LogP contribution in [-0.2, 0) is 4.74 Å². The van der Waals surface area contributed by atoms with Gasteiger partial charge in [-0.25, -0.2) is 9.78 Å². The summed E-state index contributed by atoms with van der Waals surface area (Å²) in [6.07, 6.45) is 1.31. The number of furan rings is 1. The van der Waals surface area contributed by atoms with Crippen LogP contribution in [0.25, 0.3) is 11.1 Å². The van der Waals surface area contributed by atoms with Crippen molar-refractivity contribution in [3.8, 4) is 0 Å². The van der Waals surface area contributed by atoms with Crippen molar-refractivity contribution < 1.29 is 13.9 Å². The molecule has 0 aliphatic rings. The number of halogens is 1. The maximum absolute atomic E-state index is 11.6. The summed E-state index contributed by atoms with van der Waals surface area (Å²) in [5.41, 5.74) is 0.919. The first kappa shape index (κ1) is 11.1. The van der Waals surface area contributed by atoms with Gasteiger partial charge in [0.25, 0.3) is 0 Å². The third-order valence-corrected chi connectivity index (χ3v) is 2.31. The van der Waals surface area contributed by atoms with Crippen LogP contribution in [0.2, 0.25) is 0 Å². The molecular formula is C11H10BrNO3. The highest BCUT2D eigenvalue weighted by atomic mass is 79.9. The Hall–Kier alpha value is -1.36. The van der Waals surface area contributed by atoms with Gasteiger partial charge < -0.3 is 9.15 Å². The minimum Gasteiger partial charge on any atom is -0.459 e. The number of esters is 1. The molecular weight excluding hydrogens is 274 g/mol. The molecule has 0 aromatic carbocycles. The number of hydrogen-bond acceptors (Lipinski definition) is 4. The van der Waals surface area contributed by atoms with Crippen LogP contribution in [0.1, 0.15) is 24.2 Å². The summed E-state index contributed by atoms with van der Waals surface area (Å²) in [5, 5.41) is 0.769. The Morgan fingerprint density at radius 2 is 2.25 bits per heavy atom. The van der Waals surface area contributed by atoms with Crippen molar-refractivity contribution in [2.45, 2.75) is 20.0 Å². The zero-order chi connectivity index (χ0) is 11.7. The van der Waals surface area contributed by atoms with Gasteiger partial charge in [-0.3, -0.25) is 0 Å². The van der Waals surface area contributed by atoms with Crippen LogP contribution >= 0.6 is 15.9 Å². The minimum atomic E-state index is -0.373. The fourth-order valence-corrected chi connectivity index (χ4v) is 1.70. The van der Waals surface area contributed by atoms with Crippen molar-refractivity contribution in [2.24, 2.45) is 0 Å². The van der Waals surface area contributed by atoms with Crippen LogP contribution in [0.4, 0.5) is 0 Å². The Morgan fingerprint density at radius 3 is 2.94 bits per heavy atom. The van der Waals surface area contributed by atoms with Crippen molar-refractivity contribution >= 4 is 33.0 Å². The molecule has 0 bridgehead atoms. The molecule has 0 saturated carbocycles. The first-order valence-corrected chi connectivity index (χ1v) is 5.61. The average Bonchev–Trinajstić information content (AvgIpc) is 2.55. The quantitative estimate of drug-likeness (QED) is 0.795. The Labute approximate surface area is 101 Å². The summed E-state index contributed by atoms with van der Waals surface area (Å²) in [4.78, 5) is 15.6. The molecule has 2 aromatic heterocycles. The minimum absolute atomic E-state index is 0.140. The van der Waals surface area contributed by atoms with E-state index < -0.39 is 0 Å². The molecule has 0 saturated heterocycles. The van der Waals surface area contributed by atoms with Crippen LogP contribution < -0.4 is 0 Å². The summed E-state index contributed by atoms with van der Waals surface area (Å²) >= 11 is 3.20. The van der Waals surface area contributed by atoms with Crippen molar-refractivity contribution in [3.63, 3.8) is 0 Å². The number of nitrogens with zero attached hydrogens (tertiary/aromatic N) is 1. The number of ether oxygens (including phenoxy) is 1. The summed E-state index contributed by atoms with van der Waals surface area (Å²) in [7, 11) is 0. The molecule has 2 heterocycles. The fraction of sp³-hybridized carbons (Fsp3) is 0.273. The van der Waals surface area contributed by atoms with Gasteiger partial charge in [-0.1, -0.05) is 0 Å². The second-order valence-electron chi connectivity index (χ2n) is 3.62. The Balaban J connectivity index is 2.35. The lowest BCUT2D eigenvalue weighted by molar-refractivity contribution is 0.0377. The molecule has 2 rings (SSSR count). The van der Waals surface area contributed by atoms with Crippen LogP contribution in [-0.4, -0.2) is 17.1 Å². The summed E-state index contributed by atoms with van der Waals surface area (Å²) < 4.78 is 10.9. The zero-order valence-corrected chi connectivity index (χ0v) is 10.4. The molecule has 4 nitrogen and oxygen atoms in total. The van der Waals surface area contributed by atoms with E-state index in [4.69, 9.17) is 9.15 Å². The van der Waals surface area contributed by atoms with E-state index in [1.165, 1.54) is 6.20 Å². The lowest BCUT2D eigenvalue weighted by Crippen LogP contribution is -2.11. The number of carbonyl (C=O) groups is 1. The second-order valence-corrected chi connectivity index (χ2v) is 4.40. The van der Waals surface area contributed by atoms with E-state index in [9.17, 15) is 4.79 Å². The molecule has 0 unspecified atom stereocenters. The van der Waals surface area contributed by atoms with E-state index in [1.807, 2.05) is 0 Å². The SMILES string of the molecule is CC(C)OC(=O)c1cnc2oc(Br)cc2c1. The third-order valence-electron chi connectivity index (χ3n) is 1.92. The summed E-state index contributed by atoms with van der Waals surface area (Å²) in [6, 6.07) is 3.45. The van der Waals surface area contributed by atoms with Crippen molar-refractivity contribution in [1.82, 2.24) is 4.98 Å². The van der Waals surface area contributed by atoms with Gasteiger partial charge in [0.15, 0.2) is 4.67 Å². The molecule has 0 N–H and O–H groups in total. The van der Waals surface area contributed by atoms with Crippen molar-refractivity contribution in [1.29, 1.82) is 0 Å². The zero-order valence-electron chi connectivity index (χ0n) is 8.86. The van der Waals surface area contributed by atoms with Crippen LogP contribution in [0.15, 0.2) is 27.4 Å². The Kier molecular flexibility index (Phi) is 2.96. The van der Waals surface area contributed by atoms with Gasteiger partial charge in [0, 0.05) is 17.6 Å². The van der Waals surface area contributed by atoms with Gasteiger partial charge in [-0.05, 0) is 35.8 Å². The molecule has 0 amide bonds. The lowest BCUT2D eigenvalue weighted by atomic mass is 10.2. The highest BCUT2D eigenvalue weighted by Gasteiger charge is 2.12. The van der Waals surface area contributed by atoms with Crippen LogP contribution in [0, 0.1) is 0 Å². The van der Waals surface area contributed by atoms with E-state index in [0.29, 0.717) is 15.9 Å². The Morgan fingerprint density at radius 1 is 1.50 bits per heavy atom. The number of carbonyl (C=O) groups excluding carboxylic acids is 1.